The zero-order valence-electron chi connectivity index (χ0n) is 13.8. The van der Waals surface area contributed by atoms with Crippen LogP contribution in [0.25, 0.3) is 16.8 Å². The Morgan fingerprint density at radius 2 is 2.08 bits per heavy atom. The Balaban J connectivity index is 1.98. The predicted molar refractivity (Wildman–Crippen MR) is 99.0 cm³/mol. The van der Waals surface area contributed by atoms with Gasteiger partial charge in [-0.15, -0.1) is 0 Å². The van der Waals surface area contributed by atoms with Gasteiger partial charge in [0.15, 0.2) is 0 Å². The number of nitrogen functional groups attached to an aromatic ring is 1. The molecule has 0 heterocycles. The minimum absolute atomic E-state index is 0.158. The Labute approximate surface area is 141 Å². The van der Waals surface area contributed by atoms with Crippen LogP contribution >= 0.6 is 0 Å². The number of hydrogen-bond donors (Lipinski definition) is 2. The van der Waals surface area contributed by atoms with E-state index in [2.05, 4.69) is 11.1 Å². The summed E-state index contributed by atoms with van der Waals surface area (Å²) in [5, 5.41) is 0. The van der Waals surface area contributed by atoms with E-state index in [1.54, 1.807) is 6.07 Å². The van der Waals surface area contributed by atoms with E-state index in [1.807, 2.05) is 31.2 Å². The molecule has 4 heteroatoms. The van der Waals surface area contributed by atoms with Crippen LogP contribution in [0.5, 0.6) is 0 Å². The van der Waals surface area contributed by atoms with Gasteiger partial charge < -0.3 is 11.5 Å². The van der Waals surface area contributed by atoms with Crippen molar-refractivity contribution in [2.45, 2.75) is 26.2 Å². The molecule has 3 rings (SSSR count). The van der Waals surface area contributed by atoms with Crippen molar-refractivity contribution in [1.29, 1.82) is 0 Å². The first kappa shape index (κ1) is 16.2. The molecule has 0 aliphatic heterocycles. The van der Waals surface area contributed by atoms with Crippen molar-refractivity contribution in [2.75, 3.05) is 5.73 Å². The van der Waals surface area contributed by atoms with Gasteiger partial charge >= 0.3 is 0 Å². The number of benzene rings is 2. The second-order valence-electron chi connectivity index (χ2n) is 6.32. The van der Waals surface area contributed by atoms with Crippen molar-refractivity contribution in [3.8, 4) is 11.1 Å². The van der Waals surface area contributed by atoms with E-state index < -0.39 is 0 Å². The van der Waals surface area contributed by atoms with Gasteiger partial charge in [-0.2, -0.15) is 0 Å². The van der Waals surface area contributed by atoms with Crippen molar-refractivity contribution < 1.29 is 4.39 Å². The van der Waals surface area contributed by atoms with Crippen LogP contribution in [0.4, 0.5) is 10.1 Å². The molecule has 0 aromatic heterocycles. The Hall–Kier alpha value is -2.62. The lowest BCUT2D eigenvalue weighted by Gasteiger charge is -2.10. The van der Waals surface area contributed by atoms with Crippen LogP contribution in [0.2, 0.25) is 0 Å². The third-order valence-electron chi connectivity index (χ3n) is 4.37. The monoisotopic (exact) mass is 323 g/mol. The molecule has 0 atom stereocenters. The average molecular weight is 323 g/mol. The third-order valence-corrected chi connectivity index (χ3v) is 4.37. The molecule has 2 aromatic carbocycles. The highest BCUT2D eigenvalue weighted by Gasteiger charge is 2.19. The summed E-state index contributed by atoms with van der Waals surface area (Å²) in [6.45, 7) is 1.88. The Kier molecular flexibility index (Phi) is 4.65. The van der Waals surface area contributed by atoms with Crippen LogP contribution in [0.3, 0.4) is 0 Å². The first-order valence-corrected chi connectivity index (χ1v) is 8.19. The normalized spacial score (nSPS) is 15.2. The van der Waals surface area contributed by atoms with E-state index >= 15 is 0 Å². The summed E-state index contributed by atoms with van der Waals surface area (Å²) in [5.74, 6) is 0.403. The first-order valence-electron chi connectivity index (χ1n) is 8.19. The summed E-state index contributed by atoms with van der Waals surface area (Å²) in [6, 6.07) is 11.2. The third kappa shape index (κ3) is 3.65. The summed E-state index contributed by atoms with van der Waals surface area (Å²) in [7, 11) is 0. The maximum atomic E-state index is 13.6. The minimum Gasteiger partial charge on any atom is -0.396 e. The topological polar surface area (TPSA) is 64.4 Å². The van der Waals surface area contributed by atoms with E-state index in [9.17, 15) is 4.39 Å². The smallest absolute Gasteiger partial charge is 0.146 e. The zero-order chi connectivity index (χ0) is 17.1. The van der Waals surface area contributed by atoms with Crippen LogP contribution in [0, 0.1) is 18.7 Å². The predicted octanol–water partition coefficient (Wildman–Crippen LogP) is 4.51. The van der Waals surface area contributed by atoms with E-state index in [4.69, 9.17) is 11.5 Å². The summed E-state index contributed by atoms with van der Waals surface area (Å²) in [5.41, 5.74) is 16.0. The molecule has 1 fully saturated rings. The lowest BCUT2D eigenvalue weighted by Crippen LogP contribution is -1.95. The van der Waals surface area contributed by atoms with Gasteiger partial charge in [0.05, 0.1) is 17.7 Å². The van der Waals surface area contributed by atoms with E-state index in [1.165, 1.54) is 25.2 Å². The number of aryl methyl sites for hydroxylation is 1. The SMILES string of the molecule is Cc1cc(F)c(N)cc1-c1cccc(/C(=C/CC2CC2)N=CN)c1. The first-order chi connectivity index (χ1) is 11.6. The molecule has 0 radical (unpaired) electrons. The largest absolute Gasteiger partial charge is 0.396 e. The summed E-state index contributed by atoms with van der Waals surface area (Å²) >= 11 is 0. The molecule has 0 amide bonds. The second-order valence-corrected chi connectivity index (χ2v) is 6.32. The van der Waals surface area contributed by atoms with Crippen LogP contribution in [0.15, 0.2) is 47.5 Å². The quantitative estimate of drug-likeness (QED) is 0.483. The van der Waals surface area contributed by atoms with Gasteiger partial charge in [-0.05, 0) is 67.0 Å². The molecule has 3 nitrogen and oxygen atoms in total. The van der Waals surface area contributed by atoms with Crippen LogP contribution in [-0.2, 0) is 0 Å². The molecule has 1 saturated carbocycles. The number of allylic oxidation sites excluding steroid dienone is 1. The van der Waals surface area contributed by atoms with Gasteiger partial charge in [0.2, 0.25) is 0 Å². The summed E-state index contributed by atoms with van der Waals surface area (Å²) in [4.78, 5) is 4.31. The fourth-order valence-corrected chi connectivity index (χ4v) is 2.80. The standard InChI is InChI=1S/C20H22FN3/c1-13-9-18(21)19(23)11-17(13)15-3-2-4-16(10-15)20(24-12-22)8-7-14-5-6-14/h2-4,8-12,14H,5-7,23H2,1H3,(H2,22,24)/b20-8-. The number of rotatable bonds is 5. The fraction of sp³-hybridized carbons (Fsp3) is 0.250. The second kappa shape index (κ2) is 6.87. The number of aliphatic imine (C=N–C) groups is 1. The molecule has 2 aromatic rings. The maximum Gasteiger partial charge on any atom is 0.146 e. The number of halogens is 1. The molecule has 1 aliphatic rings. The van der Waals surface area contributed by atoms with Crippen molar-refractivity contribution in [3.63, 3.8) is 0 Å². The van der Waals surface area contributed by atoms with E-state index in [-0.39, 0.29) is 11.5 Å². The van der Waals surface area contributed by atoms with Gasteiger partial charge in [-0.3, -0.25) is 0 Å². The molecule has 0 spiro atoms. The average Bonchev–Trinajstić information content (AvgIpc) is 3.39. The molecule has 0 saturated heterocycles. The van der Waals surface area contributed by atoms with Gasteiger partial charge in [0, 0.05) is 5.56 Å². The highest BCUT2D eigenvalue weighted by atomic mass is 19.1. The molecular formula is C20H22FN3. The number of nitrogens with two attached hydrogens (primary N) is 2. The van der Waals surface area contributed by atoms with Crippen molar-refractivity contribution in [3.05, 3.63) is 59.4 Å². The van der Waals surface area contributed by atoms with Crippen LogP contribution < -0.4 is 11.5 Å². The number of hydrogen-bond acceptors (Lipinski definition) is 2. The zero-order valence-corrected chi connectivity index (χ0v) is 13.8. The van der Waals surface area contributed by atoms with Gasteiger partial charge in [-0.1, -0.05) is 24.3 Å². The molecule has 24 heavy (non-hydrogen) atoms. The fourth-order valence-electron chi connectivity index (χ4n) is 2.80. The number of anilines is 1. The molecule has 0 unspecified atom stereocenters. The highest BCUT2D eigenvalue weighted by molar-refractivity contribution is 5.78. The Bertz CT molecular complexity index is 805. The van der Waals surface area contributed by atoms with Gasteiger partial charge in [0.25, 0.3) is 0 Å². The molecule has 1 aliphatic carbocycles. The minimum atomic E-state index is -0.384. The maximum absolute atomic E-state index is 13.6. The van der Waals surface area contributed by atoms with Crippen molar-refractivity contribution in [1.82, 2.24) is 0 Å². The summed E-state index contributed by atoms with van der Waals surface area (Å²) in [6.07, 6.45) is 7.09. The van der Waals surface area contributed by atoms with Crippen LogP contribution in [0.1, 0.15) is 30.4 Å². The lowest BCUT2D eigenvalue weighted by molar-refractivity contribution is 0.631. The molecule has 4 N–H and O–H groups in total. The summed E-state index contributed by atoms with van der Waals surface area (Å²) < 4.78 is 13.6. The van der Waals surface area contributed by atoms with Crippen molar-refractivity contribution >= 4 is 17.7 Å². The molecule has 0 bridgehead atoms. The highest BCUT2D eigenvalue weighted by Crippen LogP contribution is 2.35. The molecular weight excluding hydrogens is 301 g/mol. The van der Waals surface area contributed by atoms with Gasteiger partial charge in [0.1, 0.15) is 5.82 Å². The Morgan fingerprint density at radius 1 is 1.29 bits per heavy atom. The van der Waals surface area contributed by atoms with E-state index in [0.717, 1.165) is 40.3 Å². The van der Waals surface area contributed by atoms with Gasteiger partial charge in [-0.25, -0.2) is 9.38 Å². The Morgan fingerprint density at radius 3 is 2.79 bits per heavy atom. The lowest BCUT2D eigenvalue weighted by atomic mass is 9.97. The van der Waals surface area contributed by atoms with E-state index in [0.29, 0.717) is 0 Å². The van der Waals surface area contributed by atoms with Crippen LogP contribution in [-0.4, -0.2) is 6.34 Å². The van der Waals surface area contributed by atoms with Crippen molar-refractivity contribution in [2.24, 2.45) is 16.6 Å². The molecule has 124 valence electrons. The number of nitrogens with zero attached hydrogens (tertiary/aromatic N) is 1.